The highest BCUT2D eigenvalue weighted by atomic mass is 32.2. The number of rotatable bonds is 7. The minimum atomic E-state index is -4.04. The summed E-state index contributed by atoms with van der Waals surface area (Å²) in [5, 5.41) is 3.57. The highest BCUT2D eigenvalue weighted by Crippen LogP contribution is 2.23. The molecule has 0 N–H and O–H groups in total. The van der Waals surface area contributed by atoms with Crippen LogP contribution in [0.25, 0.3) is 10.4 Å². The maximum absolute atomic E-state index is 12.4. The van der Waals surface area contributed by atoms with Gasteiger partial charge in [-0.15, -0.1) is 0 Å². The van der Waals surface area contributed by atoms with E-state index in [1.807, 2.05) is 13.8 Å². The van der Waals surface area contributed by atoms with Crippen LogP contribution in [0.2, 0.25) is 0 Å². The zero-order valence-electron chi connectivity index (χ0n) is 14.7. The fourth-order valence-corrected chi connectivity index (χ4v) is 3.59. The Morgan fingerprint density at radius 3 is 2.65 bits per heavy atom. The van der Waals surface area contributed by atoms with Crippen LogP contribution in [0.4, 0.5) is 4.79 Å². The topological polar surface area (TPSA) is 122 Å². The molecule has 1 heterocycles. The predicted octanol–water partition coefficient (Wildman–Crippen LogP) is 3.00. The SMILES string of the molecule is CCCCOC(=O)N1CC(N=[N+]=[N-])C(OS(=O)(=O)c2ccc(C)cc2)C1. The van der Waals surface area contributed by atoms with Gasteiger partial charge in [-0.3, -0.25) is 4.18 Å². The maximum atomic E-state index is 12.4. The largest absolute Gasteiger partial charge is 0.449 e. The Balaban J connectivity index is 2.09. The minimum absolute atomic E-state index is 0.00626. The molecule has 0 radical (unpaired) electrons. The van der Waals surface area contributed by atoms with Crippen molar-refractivity contribution in [3.8, 4) is 0 Å². The molecule has 0 saturated carbocycles. The van der Waals surface area contributed by atoms with E-state index < -0.39 is 28.4 Å². The van der Waals surface area contributed by atoms with Crippen LogP contribution in [-0.2, 0) is 19.0 Å². The number of carbonyl (C=O) groups is 1. The molecule has 9 nitrogen and oxygen atoms in total. The lowest BCUT2D eigenvalue weighted by molar-refractivity contribution is 0.104. The summed E-state index contributed by atoms with van der Waals surface area (Å²) >= 11 is 0. The summed E-state index contributed by atoms with van der Waals surface area (Å²) < 4.78 is 35.3. The van der Waals surface area contributed by atoms with Gasteiger partial charge in [0.05, 0.1) is 24.1 Å². The zero-order chi connectivity index (χ0) is 19.2. The molecular formula is C16H22N4O5S. The molecule has 0 aliphatic carbocycles. The first-order valence-electron chi connectivity index (χ1n) is 8.33. The van der Waals surface area contributed by atoms with Gasteiger partial charge in [-0.25, -0.2) is 4.79 Å². The molecule has 0 bridgehead atoms. The summed E-state index contributed by atoms with van der Waals surface area (Å²) in [5.74, 6) is 0. The Morgan fingerprint density at radius 1 is 1.35 bits per heavy atom. The molecule has 1 aliphatic rings. The number of ether oxygens (including phenoxy) is 1. The standard InChI is InChI=1S/C16H22N4O5S/c1-3-4-9-24-16(21)20-10-14(18-19-17)15(11-20)25-26(22,23)13-7-5-12(2)6-8-13/h5-8,14-15H,3-4,9-11H2,1-2H3. The van der Waals surface area contributed by atoms with Gasteiger partial charge in [-0.2, -0.15) is 8.42 Å². The van der Waals surface area contributed by atoms with E-state index in [0.29, 0.717) is 0 Å². The van der Waals surface area contributed by atoms with Crippen LogP contribution in [0, 0.1) is 6.92 Å². The second-order valence-electron chi connectivity index (χ2n) is 6.05. The monoisotopic (exact) mass is 382 g/mol. The van der Waals surface area contributed by atoms with Crippen molar-refractivity contribution in [1.29, 1.82) is 0 Å². The van der Waals surface area contributed by atoms with Gasteiger partial charge in [0.15, 0.2) is 0 Å². The van der Waals surface area contributed by atoms with Crippen LogP contribution in [0.15, 0.2) is 34.3 Å². The molecule has 1 saturated heterocycles. The molecular weight excluding hydrogens is 360 g/mol. The van der Waals surface area contributed by atoms with Crippen molar-refractivity contribution in [1.82, 2.24) is 4.90 Å². The van der Waals surface area contributed by atoms with Gasteiger partial charge in [0.25, 0.3) is 10.1 Å². The van der Waals surface area contributed by atoms with Crippen molar-refractivity contribution in [3.05, 3.63) is 40.3 Å². The number of benzene rings is 1. The summed E-state index contributed by atoms with van der Waals surface area (Å²) in [5.41, 5.74) is 9.62. The summed E-state index contributed by atoms with van der Waals surface area (Å²) in [6, 6.07) is 5.40. The summed E-state index contributed by atoms with van der Waals surface area (Å²) in [7, 11) is -4.04. The molecule has 1 aromatic rings. The lowest BCUT2D eigenvalue weighted by Crippen LogP contribution is -2.31. The molecule has 0 aromatic heterocycles. The van der Waals surface area contributed by atoms with Gasteiger partial charge in [0.2, 0.25) is 0 Å². The second kappa shape index (κ2) is 8.88. The predicted molar refractivity (Wildman–Crippen MR) is 94.0 cm³/mol. The van der Waals surface area contributed by atoms with Crippen LogP contribution >= 0.6 is 0 Å². The first-order chi connectivity index (χ1) is 12.4. The summed E-state index contributed by atoms with van der Waals surface area (Å²) in [6.07, 6.45) is 0.0855. The lowest BCUT2D eigenvalue weighted by atomic mass is 10.2. The number of hydrogen-bond acceptors (Lipinski definition) is 6. The Hall–Kier alpha value is -2.29. The second-order valence-corrected chi connectivity index (χ2v) is 7.62. The van der Waals surface area contributed by atoms with E-state index in [9.17, 15) is 13.2 Å². The molecule has 2 atom stereocenters. The fourth-order valence-electron chi connectivity index (χ4n) is 2.50. The van der Waals surface area contributed by atoms with E-state index in [1.54, 1.807) is 12.1 Å². The molecule has 2 rings (SSSR count). The molecule has 0 spiro atoms. The number of likely N-dealkylation sites (tertiary alicyclic amines) is 1. The van der Waals surface area contributed by atoms with Crippen molar-refractivity contribution < 1.29 is 22.1 Å². The number of nitrogens with zero attached hydrogens (tertiary/aromatic N) is 4. The third kappa shape index (κ3) is 5.10. The van der Waals surface area contributed by atoms with Gasteiger partial charge in [0, 0.05) is 11.5 Å². The minimum Gasteiger partial charge on any atom is -0.449 e. The first-order valence-corrected chi connectivity index (χ1v) is 9.74. The highest BCUT2D eigenvalue weighted by Gasteiger charge is 2.39. The fraction of sp³-hybridized carbons (Fsp3) is 0.562. The van der Waals surface area contributed by atoms with Crippen LogP contribution in [0.3, 0.4) is 0 Å². The van der Waals surface area contributed by atoms with Crippen molar-refractivity contribution >= 4 is 16.2 Å². The third-order valence-electron chi connectivity index (χ3n) is 3.98. The van der Waals surface area contributed by atoms with Crippen LogP contribution in [-0.4, -0.2) is 51.3 Å². The Labute approximate surface area is 152 Å². The molecule has 142 valence electrons. The molecule has 26 heavy (non-hydrogen) atoms. The van der Waals surface area contributed by atoms with Crippen molar-refractivity contribution in [2.24, 2.45) is 5.11 Å². The van der Waals surface area contributed by atoms with Crippen molar-refractivity contribution in [2.45, 2.75) is 43.7 Å². The normalized spacial score (nSPS) is 19.8. The van der Waals surface area contributed by atoms with E-state index in [-0.39, 0.29) is 24.6 Å². The number of hydrogen-bond donors (Lipinski definition) is 0. The number of unbranched alkanes of at least 4 members (excludes halogenated alkanes) is 1. The molecule has 1 fully saturated rings. The number of amides is 1. The number of carbonyl (C=O) groups excluding carboxylic acids is 1. The van der Waals surface area contributed by atoms with E-state index in [0.717, 1.165) is 18.4 Å². The quantitative estimate of drug-likeness (QED) is 0.236. The maximum Gasteiger partial charge on any atom is 0.409 e. The Morgan fingerprint density at radius 2 is 2.04 bits per heavy atom. The van der Waals surface area contributed by atoms with Gasteiger partial charge in [-0.1, -0.05) is 36.2 Å². The smallest absolute Gasteiger partial charge is 0.409 e. The van der Waals surface area contributed by atoms with Crippen LogP contribution < -0.4 is 0 Å². The van der Waals surface area contributed by atoms with E-state index >= 15 is 0 Å². The van der Waals surface area contributed by atoms with Gasteiger partial charge in [-0.05, 0) is 31.0 Å². The van der Waals surface area contributed by atoms with Gasteiger partial charge < -0.3 is 9.64 Å². The van der Waals surface area contributed by atoms with Gasteiger partial charge >= 0.3 is 6.09 Å². The van der Waals surface area contributed by atoms with E-state index in [4.69, 9.17) is 14.5 Å². The van der Waals surface area contributed by atoms with Crippen LogP contribution in [0.1, 0.15) is 25.3 Å². The molecule has 1 aromatic carbocycles. The first kappa shape index (κ1) is 20.0. The summed E-state index contributed by atoms with van der Waals surface area (Å²) in [6.45, 7) is 4.11. The lowest BCUT2D eigenvalue weighted by Gasteiger charge is -2.16. The third-order valence-corrected chi connectivity index (χ3v) is 5.33. The zero-order valence-corrected chi connectivity index (χ0v) is 15.6. The number of aryl methyl sites for hydroxylation is 1. The van der Waals surface area contributed by atoms with Crippen molar-refractivity contribution in [2.75, 3.05) is 19.7 Å². The van der Waals surface area contributed by atoms with Gasteiger partial charge in [0.1, 0.15) is 6.10 Å². The van der Waals surface area contributed by atoms with E-state index in [2.05, 4.69) is 10.0 Å². The Bertz CT molecular complexity index is 774. The average Bonchev–Trinajstić information content (AvgIpc) is 2.98. The van der Waals surface area contributed by atoms with E-state index in [1.165, 1.54) is 17.0 Å². The van der Waals surface area contributed by atoms with Crippen molar-refractivity contribution in [3.63, 3.8) is 0 Å². The van der Waals surface area contributed by atoms with Crippen LogP contribution in [0.5, 0.6) is 0 Å². The molecule has 1 amide bonds. The Kier molecular flexibility index (Phi) is 6.84. The number of azide groups is 1. The highest BCUT2D eigenvalue weighted by molar-refractivity contribution is 7.86. The molecule has 2 unspecified atom stereocenters. The summed E-state index contributed by atoms with van der Waals surface area (Å²) in [4.78, 5) is 16.1. The average molecular weight is 382 g/mol. The molecule has 10 heteroatoms. The molecule has 1 aliphatic heterocycles.